The molecule has 0 bridgehead atoms. The van der Waals surface area contributed by atoms with Crippen LogP contribution in [0.3, 0.4) is 0 Å². The summed E-state index contributed by atoms with van der Waals surface area (Å²) in [4.78, 5) is 0. The summed E-state index contributed by atoms with van der Waals surface area (Å²) in [5.74, 6) is 0. The van der Waals surface area contributed by atoms with Crippen LogP contribution in [-0.2, 0) is 9.47 Å². The molecule has 0 aliphatic heterocycles. The Morgan fingerprint density at radius 3 is 0.958 bits per heavy atom. The first-order chi connectivity index (χ1) is 10.3. The molecule has 2 heteroatoms. The van der Waals surface area contributed by atoms with E-state index in [1.54, 1.807) is 0 Å². The lowest BCUT2D eigenvalue weighted by Gasteiger charge is -2.35. The van der Waals surface area contributed by atoms with E-state index in [2.05, 4.69) is 96.9 Å². The lowest BCUT2D eigenvalue weighted by molar-refractivity contribution is -0.0886. The third-order valence-electron chi connectivity index (χ3n) is 3.92. The normalized spacial score (nSPS) is 16.2. The molecule has 0 saturated carbocycles. The number of ether oxygens (including phenoxy) is 2. The van der Waals surface area contributed by atoms with Crippen LogP contribution in [0.1, 0.15) is 96.9 Å². The van der Waals surface area contributed by atoms with E-state index >= 15 is 0 Å². The first-order valence-corrected chi connectivity index (χ1v) is 9.49. The zero-order valence-corrected chi connectivity index (χ0v) is 19.4. The van der Waals surface area contributed by atoms with Crippen molar-refractivity contribution >= 4 is 0 Å². The Morgan fingerprint density at radius 1 is 0.542 bits per heavy atom. The van der Waals surface area contributed by atoms with Crippen molar-refractivity contribution in [3.05, 3.63) is 0 Å². The first kappa shape index (κ1) is 26.2. The molecule has 148 valence electrons. The molecule has 0 radical (unpaired) electrons. The molecule has 0 N–H and O–H groups in total. The summed E-state index contributed by atoms with van der Waals surface area (Å²) >= 11 is 0. The van der Waals surface area contributed by atoms with Crippen molar-refractivity contribution in [3.8, 4) is 0 Å². The third-order valence-corrected chi connectivity index (χ3v) is 3.92. The fourth-order valence-corrected chi connectivity index (χ4v) is 1.38. The molecule has 2 atom stereocenters. The Balaban J connectivity index is 0. The molecule has 24 heavy (non-hydrogen) atoms. The second kappa shape index (κ2) is 9.57. The molecule has 0 rings (SSSR count). The van der Waals surface area contributed by atoms with Gasteiger partial charge in [-0.05, 0) is 35.5 Å². The monoisotopic (exact) mass is 344 g/mol. The van der Waals surface area contributed by atoms with Crippen LogP contribution < -0.4 is 0 Å². The topological polar surface area (TPSA) is 18.5 Å². The summed E-state index contributed by atoms with van der Waals surface area (Å²) in [5.41, 5.74) is 1.06. The zero-order valence-electron chi connectivity index (χ0n) is 19.4. The van der Waals surface area contributed by atoms with Crippen molar-refractivity contribution in [2.75, 3.05) is 13.2 Å². The van der Waals surface area contributed by atoms with Crippen molar-refractivity contribution in [1.29, 1.82) is 0 Å². The third kappa shape index (κ3) is 16.8. The molecule has 0 aliphatic rings. The Bertz CT molecular complexity index is 286. The van der Waals surface area contributed by atoms with Crippen LogP contribution in [0.4, 0.5) is 0 Å². The van der Waals surface area contributed by atoms with Gasteiger partial charge in [0.25, 0.3) is 0 Å². The van der Waals surface area contributed by atoms with Gasteiger partial charge in [-0.15, -0.1) is 0 Å². The van der Waals surface area contributed by atoms with Gasteiger partial charge in [-0.3, -0.25) is 0 Å². The Kier molecular flexibility index (Phi) is 10.4. The van der Waals surface area contributed by atoms with E-state index < -0.39 is 0 Å². The van der Waals surface area contributed by atoms with Crippen LogP contribution in [0.2, 0.25) is 0 Å². The molecule has 2 nitrogen and oxygen atoms in total. The van der Waals surface area contributed by atoms with E-state index in [0.717, 1.165) is 13.2 Å². The highest BCUT2D eigenvalue weighted by Crippen LogP contribution is 2.28. The van der Waals surface area contributed by atoms with Gasteiger partial charge in [0.15, 0.2) is 0 Å². The molecule has 0 aliphatic carbocycles. The van der Waals surface area contributed by atoms with Crippen molar-refractivity contribution < 1.29 is 9.47 Å². The molecule has 0 fully saturated rings. The predicted molar refractivity (Wildman–Crippen MR) is 109 cm³/mol. The summed E-state index contributed by atoms with van der Waals surface area (Å²) in [6.45, 7) is 32.4. The minimum absolute atomic E-state index is 0.236. The number of rotatable bonds is 4. The smallest absolute Gasteiger partial charge is 0.0599 e. The standard InChI is InChI=1S/C12H26O.C10H22O/c1-9(11(3,4)5)13-10(2)12(6,7)8;1-9(2,3)7-11-8-10(4,5)6/h9-10H,1-8H3;7-8H2,1-6H3. The summed E-state index contributed by atoms with van der Waals surface area (Å²) in [6, 6.07) is 0. The van der Waals surface area contributed by atoms with Crippen molar-refractivity contribution in [2.45, 2.75) is 109 Å². The minimum Gasteiger partial charge on any atom is -0.380 e. The van der Waals surface area contributed by atoms with Crippen LogP contribution in [0.5, 0.6) is 0 Å². The molecule has 0 spiro atoms. The van der Waals surface area contributed by atoms with E-state index in [4.69, 9.17) is 9.47 Å². The molecule has 0 aromatic carbocycles. The van der Waals surface area contributed by atoms with E-state index in [-0.39, 0.29) is 10.8 Å². The Labute approximate surface area is 154 Å². The zero-order chi connectivity index (χ0) is 20.0. The molecule has 0 amide bonds. The van der Waals surface area contributed by atoms with E-state index in [9.17, 15) is 0 Å². The van der Waals surface area contributed by atoms with E-state index in [1.165, 1.54) is 0 Å². The average Bonchev–Trinajstić information content (AvgIpc) is 2.23. The SMILES string of the molecule is CC(C)(C)COCC(C)(C)C.CC(OC(C)C(C)(C)C)C(C)(C)C. The Morgan fingerprint density at radius 2 is 0.792 bits per heavy atom. The molecule has 0 saturated heterocycles. The number of hydrogen-bond donors (Lipinski definition) is 0. The summed E-state index contributed by atoms with van der Waals surface area (Å²) < 4.78 is 11.5. The summed E-state index contributed by atoms with van der Waals surface area (Å²) in [7, 11) is 0. The highest BCUT2D eigenvalue weighted by Gasteiger charge is 2.27. The molecule has 0 aromatic heterocycles. The van der Waals surface area contributed by atoms with Crippen LogP contribution in [-0.4, -0.2) is 25.4 Å². The fourth-order valence-electron chi connectivity index (χ4n) is 1.38. The summed E-state index contributed by atoms with van der Waals surface area (Å²) in [6.07, 6.45) is 0.614. The maximum atomic E-state index is 5.98. The lowest BCUT2D eigenvalue weighted by Crippen LogP contribution is -2.35. The molecule has 0 aromatic rings. The van der Waals surface area contributed by atoms with Gasteiger partial charge in [-0.2, -0.15) is 0 Å². The van der Waals surface area contributed by atoms with Gasteiger partial charge in [0.05, 0.1) is 25.4 Å². The van der Waals surface area contributed by atoms with Gasteiger partial charge < -0.3 is 9.47 Å². The molecule has 0 heterocycles. The van der Waals surface area contributed by atoms with Gasteiger partial charge in [-0.1, -0.05) is 83.1 Å². The van der Waals surface area contributed by atoms with Gasteiger partial charge >= 0.3 is 0 Å². The van der Waals surface area contributed by atoms with Gasteiger partial charge in [0.2, 0.25) is 0 Å². The highest BCUT2D eigenvalue weighted by atomic mass is 16.5. The second-order valence-electron chi connectivity index (χ2n) is 11.8. The van der Waals surface area contributed by atoms with Crippen molar-refractivity contribution in [1.82, 2.24) is 0 Å². The summed E-state index contributed by atoms with van der Waals surface area (Å²) in [5, 5.41) is 0. The number of hydrogen-bond acceptors (Lipinski definition) is 2. The largest absolute Gasteiger partial charge is 0.380 e. The average molecular weight is 345 g/mol. The predicted octanol–water partition coefficient (Wildman–Crippen LogP) is 6.97. The van der Waals surface area contributed by atoms with Crippen LogP contribution in [0.15, 0.2) is 0 Å². The lowest BCUT2D eigenvalue weighted by atomic mass is 9.87. The van der Waals surface area contributed by atoms with Crippen LogP contribution >= 0.6 is 0 Å². The molecular formula is C22H48O2. The quantitative estimate of drug-likeness (QED) is 0.548. The highest BCUT2D eigenvalue weighted by molar-refractivity contribution is 4.76. The Hall–Kier alpha value is -0.0800. The second-order valence-corrected chi connectivity index (χ2v) is 11.8. The van der Waals surface area contributed by atoms with Crippen LogP contribution in [0, 0.1) is 21.7 Å². The molecular weight excluding hydrogens is 296 g/mol. The fraction of sp³-hybridized carbons (Fsp3) is 1.00. The van der Waals surface area contributed by atoms with Gasteiger partial charge in [-0.25, -0.2) is 0 Å². The van der Waals surface area contributed by atoms with Crippen molar-refractivity contribution in [2.24, 2.45) is 21.7 Å². The van der Waals surface area contributed by atoms with Crippen LogP contribution in [0.25, 0.3) is 0 Å². The first-order valence-electron chi connectivity index (χ1n) is 9.49. The maximum Gasteiger partial charge on any atom is 0.0599 e. The van der Waals surface area contributed by atoms with Crippen molar-refractivity contribution in [3.63, 3.8) is 0 Å². The van der Waals surface area contributed by atoms with E-state index in [0.29, 0.717) is 23.0 Å². The van der Waals surface area contributed by atoms with Gasteiger partial charge in [0.1, 0.15) is 0 Å². The minimum atomic E-state index is 0.236. The molecule has 2 unspecified atom stereocenters. The van der Waals surface area contributed by atoms with E-state index in [1.807, 2.05) is 0 Å². The van der Waals surface area contributed by atoms with Gasteiger partial charge in [0, 0.05) is 0 Å². The maximum absolute atomic E-state index is 5.98.